The quantitative estimate of drug-likeness (QED) is 0.568. The molecule has 0 fully saturated rings. The third-order valence-corrected chi connectivity index (χ3v) is 5.87. The van der Waals surface area contributed by atoms with Crippen molar-refractivity contribution in [2.75, 3.05) is 6.26 Å². The molecule has 0 bridgehead atoms. The lowest BCUT2D eigenvalue weighted by atomic mass is 10.1. The highest BCUT2D eigenvalue weighted by molar-refractivity contribution is 7.90. The van der Waals surface area contributed by atoms with Crippen LogP contribution in [0.25, 0.3) is 21.8 Å². The number of aryl methyl sites for hydroxylation is 1. The van der Waals surface area contributed by atoms with Gasteiger partial charge in [0.05, 0.1) is 11.4 Å². The van der Waals surface area contributed by atoms with E-state index < -0.39 is 9.84 Å². The molecule has 2 aromatic heterocycles. The summed E-state index contributed by atoms with van der Waals surface area (Å²) in [4.78, 5) is 7.21. The molecule has 2 heterocycles. The molecule has 0 spiro atoms. The van der Waals surface area contributed by atoms with E-state index in [2.05, 4.69) is 15.0 Å². The van der Waals surface area contributed by atoms with Crippen LogP contribution in [0.2, 0.25) is 0 Å². The first-order valence-corrected chi connectivity index (χ1v) is 10.2. The van der Waals surface area contributed by atoms with Crippen LogP contribution in [-0.2, 0) is 16.4 Å². The summed E-state index contributed by atoms with van der Waals surface area (Å²) in [7, 11) is -3.48. The fourth-order valence-electron chi connectivity index (χ4n) is 3.45. The van der Waals surface area contributed by atoms with Gasteiger partial charge in [0.1, 0.15) is 17.1 Å². The molecule has 2 aromatic carbocycles. The van der Waals surface area contributed by atoms with E-state index in [0.29, 0.717) is 10.9 Å². The van der Waals surface area contributed by atoms with Gasteiger partial charge in [-0.1, -0.05) is 0 Å². The van der Waals surface area contributed by atoms with Gasteiger partial charge in [-0.3, -0.25) is 9.62 Å². The second-order valence-electron chi connectivity index (χ2n) is 6.60. The molecular formula is C19H15FN4O3S. The molecule has 0 amide bonds. The summed E-state index contributed by atoms with van der Waals surface area (Å²) >= 11 is 0. The number of hydrogen-bond acceptors (Lipinski definition) is 5. The van der Waals surface area contributed by atoms with E-state index in [-0.39, 0.29) is 28.3 Å². The van der Waals surface area contributed by atoms with Gasteiger partial charge in [0.2, 0.25) is 5.75 Å². The first kappa shape index (κ1) is 18.0. The van der Waals surface area contributed by atoms with Crippen LogP contribution in [0.5, 0.6) is 5.75 Å². The van der Waals surface area contributed by atoms with Crippen molar-refractivity contribution in [3.63, 3.8) is 0 Å². The summed E-state index contributed by atoms with van der Waals surface area (Å²) in [5, 5.41) is 14.8. The summed E-state index contributed by atoms with van der Waals surface area (Å²) in [5.74, 6) is -0.252. The zero-order chi connectivity index (χ0) is 20.1. The topological polar surface area (TPSA) is 101 Å². The first-order valence-electron chi connectivity index (χ1n) is 8.32. The number of nitrogens with zero attached hydrogens (tertiary/aromatic N) is 3. The maximum absolute atomic E-state index is 13.0. The van der Waals surface area contributed by atoms with Crippen LogP contribution in [-0.4, -0.2) is 29.4 Å². The van der Waals surface area contributed by atoms with Gasteiger partial charge >= 0.3 is 0 Å². The molecule has 7 nitrogen and oxygen atoms in total. The van der Waals surface area contributed by atoms with Gasteiger partial charge in [-0.2, -0.15) is 10.4 Å². The number of nitriles is 1. The molecule has 0 saturated heterocycles. The minimum atomic E-state index is -3.48. The third kappa shape index (κ3) is 2.78. The zero-order valence-electron chi connectivity index (χ0n) is 15.0. The number of rotatable bonds is 4. The maximum atomic E-state index is 13.0. The largest absolute Gasteiger partial charge is 0.361 e. The van der Waals surface area contributed by atoms with Gasteiger partial charge in [-0.05, 0) is 36.8 Å². The van der Waals surface area contributed by atoms with Crippen molar-refractivity contribution in [2.45, 2.75) is 18.4 Å². The Morgan fingerprint density at radius 1 is 1.36 bits per heavy atom. The number of aromatic amines is 1. The number of benzene rings is 2. The average molecular weight is 398 g/mol. The predicted molar refractivity (Wildman–Crippen MR) is 101 cm³/mol. The van der Waals surface area contributed by atoms with Crippen molar-refractivity contribution in [1.82, 2.24) is 14.8 Å². The summed E-state index contributed by atoms with van der Waals surface area (Å²) < 4.78 is 39.2. The number of aromatic nitrogens is 3. The number of sulfone groups is 1. The van der Waals surface area contributed by atoms with E-state index in [1.54, 1.807) is 24.5 Å². The van der Waals surface area contributed by atoms with Gasteiger partial charge in [-0.15, -0.1) is 0 Å². The normalized spacial score (nSPS) is 11.8. The molecule has 0 aliphatic carbocycles. The Labute approximate surface area is 159 Å². The summed E-state index contributed by atoms with van der Waals surface area (Å²) in [6.45, 7) is 1.99. The van der Waals surface area contributed by atoms with Crippen LogP contribution in [0.3, 0.4) is 0 Å². The molecular weight excluding hydrogens is 383 g/mol. The van der Waals surface area contributed by atoms with Gasteiger partial charge in [0.25, 0.3) is 0 Å². The lowest BCUT2D eigenvalue weighted by molar-refractivity contribution is -0.00484. The molecule has 0 aliphatic rings. The van der Waals surface area contributed by atoms with Crippen molar-refractivity contribution in [2.24, 2.45) is 0 Å². The van der Waals surface area contributed by atoms with E-state index in [1.807, 2.05) is 19.1 Å². The standard InChI is InChI=1S/C19H15FN4O3S/c1-11-7-16(28(2,25)26)15(14-5-6-22-17(11)14)10-24-9-13-4-3-12(8-21)19(27-20)18(13)23-24/h3-7,9,22H,10H2,1-2H3. The summed E-state index contributed by atoms with van der Waals surface area (Å²) in [6.07, 6.45) is 4.57. The molecule has 0 aliphatic heterocycles. The van der Waals surface area contributed by atoms with Crippen molar-refractivity contribution >= 4 is 31.6 Å². The molecule has 0 radical (unpaired) electrons. The van der Waals surface area contributed by atoms with E-state index in [0.717, 1.165) is 22.7 Å². The Balaban J connectivity index is 1.93. The number of nitrogens with one attached hydrogen (secondary N) is 1. The lowest BCUT2D eigenvalue weighted by Crippen LogP contribution is -2.09. The summed E-state index contributed by atoms with van der Waals surface area (Å²) in [5.41, 5.74) is 2.47. The van der Waals surface area contributed by atoms with Crippen LogP contribution in [0.15, 0.2) is 41.6 Å². The molecule has 1 N–H and O–H groups in total. The van der Waals surface area contributed by atoms with E-state index >= 15 is 0 Å². The molecule has 28 heavy (non-hydrogen) atoms. The van der Waals surface area contributed by atoms with Crippen molar-refractivity contribution in [3.05, 3.63) is 53.3 Å². The minimum Gasteiger partial charge on any atom is -0.361 e. The Bertz CT molecular complexity index is 1380. The first-order chi connectivity index (χ1) is 13.3. The monoisotopic (exact) mass is 398 g/mol. The van der Waals surface area contributed by atoms with Crippen LogP contribution in [0.1, 0.15) is 16.7 Å². The molecule has 0 atom stereocenters. The fraction of sp³-hybridized carbons (Fsp3) is 0.158. The molecule has 142 valence electrons. The molecule has 0 saturated carbocycles. The van der Waals surface area contributed by atoms with Crippen LogP contribution >= 0.6 is 0 Å². The lowest BCUT2D eigenvalue weighted by Gasteiger charge is -2.12. The third-order valence-electron chi connectivity index (χ3n) is 4.71. The van der Waals surface area contributed by atoms with Crippen LogP contribution in [0.4, 0.5) is 4.53 Å². The number of halogens is 1. The van der Waals surface area contributed by atoms with Gasteiger partial charge in [0.15, 0.2) is 9.84 Å². The highest BCUT2D eigenvalue weighted by Crippen LogP contribution is 2.31. The molecule has 9 heteroatoms. The van der Waals surface area contributed by atoms with Crippen molar-refractivity contribution < 1.29 is 17.9 Å². The molecule has 4 aromatic rings. The molecule has 0 unspecified atom stereocenters. The Morgan fingerprint density at radius 2 is 2.14 bits per heavy atom. The Morgan fingerprint density at radius 3 is 2.82 bits per heavy atom. The van der Waals surface area contributed by atoms with Crippen LogP contribution in [0, 0.1) is 18.3 Å². The number of fused-ring (bicyclic) bond motifs is 2. The zero-order valence-corrected chi connectivity index (χ0v) is 15.8. The number of hydrogen-bond donors (Lipinski definition) is 1. The van der Waals surface area contributed by atoms with Gasteiger partial charge in [-0.25, -0.2) is 8.42 Å². The second-order valence-corrected chi connectivity index (χ2v) is 8.59. The maximum Gasteiger partial charge on any atom is 0.217 e. The second kappa shape index (κ2) is 6.35. The van der Waals surface area contributed by atoms with E-state index in [9.17, 15) is 12.9 Å². The summed E-state index contributed by atoms with van der Waals surface area (Å²) in [6, 6.07) is 8.39. The number of H-pyrrole nitrogens is 1. The smallest absolute Gasteiger partial charge is 0.217 e. The van der Waals surface area contributed by atoms with E-state index in [4.69, 9.17) is 5.26 Å². The fourth-order valence-corrected chi connectivity index (χ4v) is 4.46. The Kier molecular flexibility index (Phi) is 4.08. The highest BCUT2D eigenvalue weighted by Gasteiger charge is 2.20. The van der Waals surface area contributed by atoms with E-state index in [1.165, 1.54) is 10.7 Å². The predicted octanol–water partition coefficient (Wildman–Crippen LogP) is 3.41. The minimum absolute atomic E-state index is 0.0282. The van der Waals surface area contributed by atoms with Gasteiger partial charge < -0.3 is 4.98 Å². The average Bonchev–Trinajstić information content (AvgIpc) is 3.28. The Hall–Kier alpha value is -3.38. The molecule has 4 rings (SSSR count). The highest BCUT2D eigenvalue weighted by atomic mass is 32.2. The van der Waals surface area contributed by atoms with Crippen molar-refractivity contribution in [1.29, 1.82) is 5.26 Å². The van der Waals surface area contributed by atoms with Gasteiger partial charge in [0, 0.05) is 45.0 Å². The van der Waals surface area contributed by atoms with Crippen molar-refractivity contribution in [3.8, 4) is 11.8 Å². The SMILES string of the molecule is Cc1cc(S(C)(=O)=O)c(Cn2cc3ccc(C#N)c(OF)c3n2)c2cc[nH]c12. The van der Waals surface area contributed by atoms with Crippen LogP contribution < -0.4 is 4.94 Å².